The van der Waals surface area contributed by atoms with E-state index in [1.165, 1.54) is 0 Å². The van der Waals surface area contributed by atoms with Gasteiger partial charge in [0.25, 0.3) is 0 Å². The Labute approximate surface area is 60.7 Å². The highest BCUT2D eigenvalue weighted by Crippen LogP contribution is 2.22. The minimum Gasteiger partial charge on any atom is -0.449 e. The molecule has 0 aliphatic carbocycles. The normalized spacial score (nSPS) is 26.7. The second-order valence-corrected chi connectivity index (χ2v) is 3.61. The monoisotopic (exact) mass is 143 g/mol. The fourth-order valence-electron chi connectivity index (χ4n) is 1.02. The Morgan fingerprint density at radius 1 is 1.60 bits per heavy atom. The lowest BCUT2D eigenvalue weighted by atomic mass is 9.87. The van der Waals surface area contributed by atoms with Crippen LogP contribution in [0.5, 0.6) is 0 Å². The number of esters is 1. The third-order valence-corrected chi connectivity index (χ3v) is 1.60. The van der Waals surface area contributed by atoms with Gasteiger partial charge in [-0.25, -0.2) is 0 Å². The molecule has 1 saturated heterocycles. The van der Waals surface area contributed by atoms with Crippen LogP contribution in [0.25, 0.3) is 0 Å². The van der Waals surface area contributed by atoms with E-state index in [-0.39, 0.29) is 17.4 Å². The topological polar surface area (TPSA) is 38.3 Å². The predicted molar refractivity (Wildman–Crippen MR) is 37.3 cm³/mol. The molecule has 58 valence electrons. The van der Waals surface area contributed by atoms with Gasteiger partial charge in [-0.15, -0.1) is 0 Å². The van der Waals surface area contributed by atoms with Crippen LogP contribution >= 0.6 is 0 Å². The molecule has 0 amide bonds. The Bertz CT molecular complexity index is 148. The number of rotatable bonds is 0. The van der Waals surface area contributed by atoms with Crippen molar-refractivity contribution in [2.75, 3.05) is 6.73 Å². The van der Waals surface area contributed by atoms with Gasteiger partial charge in [-0.1, -0.05) is 20.8 Å². The summed E-state index contributed by atoms with van der Waals surface area (Å²) in [5.74, 6) is -0.132. The number of cyclic esters (lactones) is 1. The maximum Gasteiger partial charge on any atom is 0.325 e. The zero-order chi connectivity index (χ0) is 7.78. The van der Waals surface area contributed by atoms with Gasteiger partial charge in [0.1, 0.15) is 12.8 Å². The quantitative estimate of drug-likeness (QED) is 0.502. The molecular weight excluding hydrogens is 130 g/mol. The van der Waals surface area contributed by atoms with Crippen molar-refractivity contribution in [1.82, 2.24) is 5.32 Å². The standard InChI is InChI=1S/C7H13NO2/c1-7(2,3)5-6(9)10-4-8-5/h5,8H,4H2,1-3H3. The molecule has 1 aliphatic rings. The Morgan fingerprint density at radius 2 is 2.20 bits per heavy atom. The first-order chi connectivity index (χ1) is 4.52. The van der Waals surface area contributed by atoms with Crippen molar-refractivity contribution in [3.63, 3.8) is 0 Å². The maximum absolute atomic E-state index is 10.9. The van der Waals surface area contributed by atoms with Crippen molar-refractivity contribution < 1.29 is 9.53 Å². The molecule has 0 radical (unpaired) electrons. The van der Waals surface area contributed by atoms with E-state index < -0.39 is 0 Å². The van der Waals surface area contributed by atoms with Crippen molar-refractivity contribution in [2.24, 2.45) is 5.41 Å². The Morgan fingerprint density at radius 3 is 2.40 bits per heavy atom. The van der Waals surface area contributed by atoms with Crippen LogP contribution in [0.2, 0.25) is 0 Å². The predicted octanol–water partition coefficient (Wildman–Crippen LogP) is 0.505. The summed E-state index contributed by atoms with van der Waals surface area (Å²) in [6, 6.07) is -0.132. The summed E-state index contributed by atoms with van der Waals surface area (Å²) in [6.45, 7) is 6.40. The molecule has 3 nitrogen and oxygen atoms in total. The highest BCUT2D eigenvalue weighted by molar-refractivity contribution is 5.78. The van der Waals surface area contributed by atoms with E-state index >= 15 is 0 Å². The first kappa shape index (κ1) is 7.54. The molecule has 1 rings (SSSR count). The third-order valence-electron chi connectivity index (χ3n) is 1.60. The molecule has 0 aromatic carbocycles. The number of carbonyl (C=O) groups excluding carboxylic acids is 1. The summed E-state index contributed by atoms with van der Waals surface area (Å²) in [7, 11) is 0. The van der Waals surface area contributed by atoms with Gasteiger partial charge in [0.2, 0.25) is 0 Å². The van der Waals surface area contributed by atoms with Gasteiger partial charge in [-0.05, 0) is 5.41 Å². The lowest BCUT2D eigenvalue weighted by molar-refractivity contribution is -0.140. The fourth-order valence-corrected chi connectivity index (χ4v) is 1.02. The molecule has 0 aromatic heterocycles. The molecule has 10 heavy (non-hydrogen) atoms. The van der Waals surface area contributed by atoms with Crippen LogP contribution < -0.4 is 5.32 Å². The van der Waals surface area contributed by atoms with Crippen molar-refractivity contribution in [3.05, 3.63) is 0 Å². The van der Waals surface area contributed by atoms with Crippen LogP contribution in [-0.4, -0.2) is 18.7 Å². The Balaban J connectivity index is 2.64. The average molecular weight is 143 g/mol. The van der Waals surface area contributed by atoms with E-state index in [4.69, 9.17) is 4.74 Å². The maximum atomic E-state index is 10.9. The first-order valence-electron chi connectivity index (χ1n) is 3.42. The zero-order valence-corrected chi connectivity index (χ0v) is 6.60. The summed E-state index contributed by atoms with van der Waals surface area (Å²) in [5.41, 5.74) is -0.0341. The van der Waals surface area contributed by atoms with E-state index in [9.17, 15) is 4.79 Å². The van der Waals surface area contributed by atoms with E-state index in [0.717, 1.165) is 0 Å². The second kappa shape index (κ2) is 2.23. The molecule has 1 atom stereocenters. The number of carbonyl (C=O) groups is 1. The highest BCUT2D eigenvalue weighted by Gasteiger charge is 2.35. The van der Waals surface area contributed by atoms with Crippen molar-refractivity contribution in [3.8, 4) is 0 Å². The van der Waals surface area contributed by atoms with Crippen LogP contribution in [-0.2, 0) is 9.53 Å². The van der Waals surface area contributed by atoms with Crippen LogP contribution in [0.4, 0.5) is 0 Å². The Hall–Kier alpha value is -0.570. The van der Waals surface area contributed by atoms with E-state index in [0.29, 0.717) is 6.73 Å². The minimum atomic E-state index is -0.132. The highest BCUT2D eigenvalue weighted by atomic mass is 16.6. The third kappa shape index (κ3) is 1.29. The van der Waals surface area contributed by atoms with Crippen LogP contribution in [0.15, 0.2) is 0 Å². The molecule has 0 spiro atoms. The van der Waals surface area contributed by atoms with Gasteiger partial charge < -0.3 is 4.74 Å². The summed E-state index contributed by atoms with van der Waals surface area (Å²) >= 11 is 0. The molecule has 1 fully saturated rings. The lowest BCUT2D eigenvalue weighted by Gasteiger charge is -2.22. The minimum absolute atomic E-state index is 0.0341. The van der Waals surface area contributed by atoms with Crippen molar-refractivity contribution in [1.29, 1.82) is 0 Å². The number of hydrogen-bond acceptors (Lipinski definition) is 3. The fraction of sp³-hybridized carbons (Fsp3) is 0.857. The van der Waals surface area contributed by atoms with Gasteiger partial charge in [0.15, 0.2) is 0 Å². The molecule has 1 aliphatic heterocycles. The molecule has 1 N–H and O–H groups in total. The van der Waals surface area contributed by atoms with E-state index in [1.807, 2.05) is 20.8 Å². The van der Waals surface area contributed by atoms with E-state index in [2.05, 4.69) is 5.32 Å². The van der Waals surface area contributed by atoms with Crippen molar-refractivity contribution >= 4 is 5.97 Å². The van der Waals surface area contributed by atoms with Crippen molar-refractivity contribution in [2.45, 2.75) is 26.8 Å². The SMILES string of the molecule is CC(C)(C)C1NCOC1=O. The molecule has 0 aromatic rings. The first-order valence-corrected chi connectivity index (χ1v) is 3.42. The second-order valence-electron chi connectivity index (χ2n) is 3.61. The Kier molecular flexibility index (Phi) is 1.68. The summed E-state index contributed by atoms with van der Waals surface area (Å²) < 4.78 is 4.74. The van der Waals surface area contributed by atoms with Crippen LogP contribution in [0.3, 0.4) is 0 Å². The van der Waals surface area contributed by atoms with Gasteiger partial charge >= 0.3 is 5.97 Å². The van der Waals surface area contributed by atoms with Gasteiger partial charge in [-0.3, -0.25) is 10.1 Å². The van der Waals surface area contributed by atoms with E-state index in [1.54, 1.807) is 0 Å². The van der Waals surface area contributed by atoms with Crippen LogP contribution in [0, 0.1) is 5.41 Å². The molecular formula is C7H13NO2. The summed E-state index contributed by atoms with van der Waals surface area (Å²) in [5, 5.41) is 2.97. The number of hydrogen-bond donors (Lipinski definition) is 1. The number of ether oxygens (including phenoxy) is 1. The summed E-state index contributed by atoms with van der Waals surface area (Å²) in [4.78, 5) is 10.9. The average Bonchev–Trinajstić information content (AvgIpc) is 2.11. The van der Waals surface area contributed by atoms with Gasteiger partial charge in [-0.2, -0.15) is 0 Å². The molecule has 0 saturated carbocycles. The molecule has 0 bridgehead atoms. The van der Waals surface area contributed by atoms with Gasteiger partial charge in [0, 0.05) is 0 Å². The molecule has 3 heteroatoms. The van der Waals surface area contributed by atoms with Gasteiger partial charge in [0.05, 0.1) is 0 Å². The number of nitrogens with one attached hydrogen (secondary N) is 1. The van der Waals surface area contributed by atoms with Crippen LogP contribution in [0.1, 0.15) is 20.8 Å². The lowest BCUT2D eigenvalue weighted by Crippen LogP contribution is -2.39. The molecule has 1 heterocycles. The summed E-state index contributed by atoms with van der Waals surface area (Å²) in [6.07, 6.45) is 0. The smallest absolute Gasteiger partial charge is 0.325 e. The molecule has 1 unspecified atom stereocenters. The zero-order valence-electron chi connectivity index (χ0n) is 6.60. The largest absolute Gasteiger partial charge is 0.449 e.